The van der Waals surface area contributed by atoms with Crippen LogP contribution in [0.25, 0.3) is 21.8 Å². The predicted octanol–water partition coefficient (Wildman–Crippen LogP) is 3.86. The lowest BCUT2D eigenvalue weighted by atomic mass is 10.2. The first-order valence-electron chi connectivity index (χ1n) is 12.5. The van der Waals surface area contributed by atoms with Crippen LogP contribution < -0.4 is 11.5 Å². The van der Waals surface area contributed by atoms with Gasteiger partial charge in [0.15, 0.2) is 11.4 Å². The quantitative estimate of drug-likeness (QED) is 0.219. The highest BCUT2D eigenvalue weighted by molar-refractivity contribution is 9.09. The molecule has 2 heterocycles. The van der Waals surface area contributed by atoms with E-state index in [1.807, 2.05) is 39.0 Å². The maximum absolute atomic E-state index is 11.9. The van der Waals surface area contributed by atoms with Gasteiger partial charge < -0.3 is 20.9 Å². The normalized spacial score (nSPS) is 11.1. The van der Waals surface area contributed by atoms with Gasteiger partial charge in [0.05, 0.1) is 11.0 Å². The largest absolute Gasteiger partial charge is 0.459 e. The third kappa shape index (κ3) is 10.3. The van der Waals surface area contributed by atoms with Crippen LogP contribution in [0.5, 0.6) is 0 Å². The predicted molar refractivity (Wildman–Crippen MR) is 158 cm³/mol. The molecule has 220 valence electrons. The molecule has 0 spiro atoms. The summed E-state index contributed by atoms with van der Waals surface area (Å²) in [5.41, 5.74) is 11.4. The number of nitrogens with zero attached hydrogens (tertiary/aromatic N) is 3. The summed E-state index contributed by atoms with van der Waals surface area (Å²) >= 11 is 2.99. The fraction of sp³-hybridized carbons (Fsp3) is 0.357. The molecule has 0 aliphatic heterocycles. The number of esters is 2. The number of rotatable bonds is 5. The highest BCUT2D eigenvalue weighted by Crippen LogP contribution is 2.19. The minimum atomic E-state index is -0.621. The van der Waals surface area contributed by atoms with E-state index in [1.54, 1.807) is 51.1 Å². The van der Waals surface area contributed by atoms with Crippen LogP contribution in [-0.2, 0) is 25.6 Å². The number of H-pyrrole nitrogens is 1. The van der Waals surface area contributed by atoms with Crippen LogP contribution in [0, 0.1) is 0 Å². The number of halogens is 1. The molecule has 0 atom stereocenters. The molecule has 0 bridgehead atoms. The number of aromatic nitrogens is 4. The number of amides is 2. The Labute approximate surface area is 245 Å². The van der Waals surface area contributed by atoms with Crippen molar-refractivity contribution in [3.05, 3.63) is 59.9 Å². The molecule has 2 amide bonds. The number of ether oxygens (including phenoxy) is 2. The number of hydrogen-bond donors (Lipinski definition) is 3. The Morgan fingerprint density at radius 3 is 1.83 bits per heavy atom. The molecule has 0 saturated heterocycles. The molecule has 13 heteroatoms. The lowest BCUT2D eigenvalue weighted by Gasteiger charge is -2.19. The Morgan fingerprint density at radius 2 is 1.32 bits per heavy atom. The third-order valence-corrected chi connectivity index (χ3v) is 5.28. The van der Waals surface area contributed by atoms with E-state index >= 15 is 0 Å². The van der Waals surface area contributed by atoms with Gasteiger partial charge in [-0.25, -0.2) is 0 Å². The zero-order valence-electron chi connectivity index (χ0n) is 23.9. The minimum absolute atomic E-state index is 0.0644. The van der Waals surface area contributed by atoms with Gasteiger partial charge in [0, 0.05) is 10.8 Å². The number of nitrogens with two attached hydrogens (primary N) is 2. The first-order chi connectivity index (χ1) is 19.0. The number of benzene rings is 2. The Hall–Kier alpha value is -4.26. The van der Waals surface area contributed by atoms with E-state index in [0.29, 0.717) is 16.6 Å². The maximum Gasteiger partial charge on any atom is 0.328 e. The molecule has 2 aromatic heterocycles. The lowest BCUT2D eigenvalue weighted by molar-refractivity contribution is -0.156. The first-order valence-corrected chi connectivity index (χ1v) is 13.6. The Morgan fingerprint density at radius 1 is 0.805 bits per heavy atom. The van der Waals surface area contributed by atoms with E-state index in [9.17, 15) is 19.2 Å². The van der Waals surface area contributed by atoms with Crippen molar-refractivity contribution in [2.24, 2.45) is 11.5 Å². The monoisotopic (exact) mass is 630 g/mol. The van der Waals surface area contributed by atoms with Gasteiger partial charge in [-0.05, 0) is 53.7 Å². The van der Waals surface area contributed by atoms with Gasteiger partial charge >= 0.3 is 11.9 Å². The van der Waals surface area contributed by atoms with Crippen LogP contribution in [0.2, 0.25) is 0 Å². The second-order valence-corrected chi connectivity index (χ2v) is 11.2. The Kier molecular flexibility index (Phi) is 11.2. The topological polar surface area (TPSA) is 185 Å². The van der Waals surface area contributed by atoms with E-state index in [2.05, 4.69) is 31.2 Å². The van der Waals surface area contributed by atoms with Crippen molar-refractivity contribution < 1.29 is 28.7 Å². The molecule has 4 aromatic rings. The average molecular weight is 632 g/mol. The standard InChI is InChI=1S/C14H17N3O3.C8H7N3O.C6H11BrO2/c1-14(2,3)20-11(18)8-17-10-7-5-4-6-9(10)12(16-17)13(15)19;9-8(12)7-5-3-1-2-4-6(5)10-11-7;1-6(2,3)9-5(8)4-7/h4-7H,8H2,1-3H3,(H2,15,19);1-4H,(H2,9,12)(H,10,11);4H2,1-3H3. The van der Waals surface area contributed by atoms with Crippen LogP contribution in [-0.4, -0.2) is 60.3 Å². The molecule has 0 fully saturated rings. The van der Waals surface area contributed by atoms with Gasteiger partial charge in [0.2, 0.25) is 0 Å². The molecule has 0 radical (unpaired) electrons. The van der Waals surface area contributed by atoms with Gasteiger partial charge in [-0.3, -0.25) is 29.0 Å². The van der Waals surface area contributed by atoms with Crippen LogP contribution >= 0.6 is 15.9 Å². The van der Waals surface area contributed by atoms with Crippen LogP contribution in [0.15, 0.2) is 48.5 Å². The number of primary amides is 2. The number of hydrogen-bond acceptors (Lipinski definition) is 8. The SMILES string of the molecule is CC(C)(C)OC(=O)CBr.CC(C)(C)OC(=O)Cn1nc(C(N)=O)c2ccccc21.NC(=O)c1n[nH]c2ccccc12. The Balaban J connectivity index is 0.000000238. The minimum Gasteiger partial charge on any atom is -0.459 e. The maximum atomic E-state index is 11.9. The van der Waals surface area contributed by atoms with Crippen LogP contribution in [0.1, 0.15) is 62.5 Å². The van der Waals surface area contributed by atoms with Gasteiger partial charge in [0.1, 0.15) is 23.1 Å². The van der Waals surface area contributed by atoms with Crippen molar-refractivity contribution in [1.29, 1.82) is 0 Å². The van der Waals surface area contributed by atoms with E-state index in [4.69, 9.17) is 20.9 Å². The average Bonchev–Trinajstić information content (AvgIpc) is 3.45. The molecule has 2 aromatic carbocycles. The van der Waals surface area contributed by atoms with Crippen molar-refractivity contribution in [2.75, 3.05) is 5.33 Å². The number of alkyl halides is 1. The summed E-state index contributed by atoms with van der Waals surface area (Å²) in [6, 6.07) is 14.5. The number of para-hydroxylation sites is 2. The van der Waals surface area contributed by atoms with Gasteiger partial charge in [-0.1, -0.05) is 52.3 Å². The zero-order valence-corrected chi connectivity index (χ0v) is 25.4. The molecule has 0 aliphatic rings. The fourth-order valence-electron chi connectivity index (χ4n) is 3.45. The molecule has 5 N–H and O–H groups in total. The second-order valence-electron chi connectivity index (χ2n) is 10.7. The highest BCUT2D eigenvalue weighted by atomic mass is 79.9. The van der Waals surface area contributed by atoms with E-state index in [1.165, 1.54) is 4.68 Å². The van der Waals surface area contributed by atoms with Crippen molar-refractivity contribution in [3.8, 4) is 0 Å². The van der Waals surface area contributed by atoms with Crippen molar-refractivity contribution in [2.45, 2.75) is 59.3 Å². The summed E-state index contributed by atoms with van der Waals surface area (Å²) in [5, 5.41) is 12.3. The molecule has 0 aliphatic carbocycles. The smallest absolute Gasteiger partial charge is 0.328 e. The zero-order chi connectivity index (χ0) is 31.0. The first kappa shape index (κ1) is 32.9. The lowest BCUT2D eigenvalue weighted by Crippen LogP contribution is -2.27. The molecule has 0 saturated carbocycles. The molecule has 41 heavy (non-hydrogen) atoms. The van der Waals surface area contributed by atoms with E-state index in [-0.39, 0.29) is 29.1 Å². The van der Waals surface area contributed by atoms with Crippen LogP contribution in [0.3, 0.4) is 0 Å². The summed E-state index contributed by atoms with van der Waals surface area (Å²) in [6.45, 7) is 10.8. The third-order valence-electron chi connectivity index (χ3n) is 4.82. The van der Waals surface area contributed by atoms with Gasteiger partial charge in [-0.15, -0.1) is 0 Å². The molecular formula is C28H35BrN6O6. The summed E-state index contributed by atoms with van der Waals surface area (Å²) in [5.74, 6) is -1.76. The summed E-state index contributed by atoms with van der Waals surface area (Å²) in [6.07, 6.45) is 0. The summed E-state index contributed by atoms with van der Waals surface area (Å²) < 4.78 is 11.6. The summed E-state index contributed by atoms with van der Waals surface area (Å²) in [4.78, 5) is 44.6. The van der Waals surface area contributed by atoms with Crippen molar-refractivity contribution in [1.82, 2.24) is 20.0 Å². The number of carbonyl (C=O) groups excluding carboxylic acids is 4. The highest BCUT2D eigenvalue weighted by Gasteiger charge is 2.20. The van der Waals surface area contributed by atoms with E-state index in [0.717, 1.165) is 10.9 Å². The van der Waals surface area contributed by atoms with Crippen LogP contribution in [0.4, 0.5) is 0 Å². The van der Waals surface area contributed by atoms with Gasteiger partial charge in [-0.2, -0.15) is 10.2 Å². The molecule has 4 rings (SSSR count). The summed E-state index contributed by atoms with van der Waals surface area (Å²) in [7, 11) is 0. The van der Waals surface area contributed by atoms with Crippen molar-refractivity contribution in [3.63, 3.8) is 0 Å². The number of aromatic amines is 1. The number of fused-ring (bicyclic) bond motifs is 2. The van der Waals surface area contributed by atoms with E-state index < -0.39 is 23.4 Å². The molecular weight excluding hydrogens is 596 g/mol. The number of carbonyl (C=O) groups is 4. The van der Waals surface area contributed by atoms with Crippen molar-refractivity contribution >= 4 is 61.5 Å². The fourth-order valence-corrected chi connectivity index (χ4v) is 3.56. The number of nitrogens with one attached hydrogen (secondary N) is 1. The molecule has 0 unspecified atom stereocenters. The second kappa shape index (κ2) is 13.9. The molecule has 12 nitrogen and oxygen atoms in total. The van der Waals surface area contributed by atoms with Gasteiger partial charge in [0.25, 0.3) is 11.8 Å². The Bertz CT molecular complexity index is 1530.